The van der Waals surface area contributed by atoms with Crippen molar-refractivity contribution in [2.45, 2.75) is 6.92 Å². The highest BCUT2D eigenvalue weighted by atomic mass is 35.5. The van der Waals surface area contributed by atoms with E-state index in [-0.39, 0.29) is 5.56 Å². The Kier molecular flexibility index (Phi) is 4.96. The molecule has 1 rings (SSSR count). The first-order chi connectivity index (χ1) is 8.21. The van der Waals surface area contributed by atoms with Crippen LogP contribution in [0.2, 0.25) is 0 Å². The average molecular weight is 308 g/mol. The molecular formula is C10H8Cl2NO4P-2. The highest BCUT2D eigenvalue weighted by molar-refractivity contribution is 7.53. The molecule has 0 aliphatic carbocycles. The van der Waals surface area contributed by atoms with E-state index in [0.717, 1.165) is 5.56 Å². The first kappa shape index (κ1) is 15.2. The summed E-state index contributed by atoms with van der Waals surface area (Å²) in [7, 11) is -5.23. The monoisotopic (exact) mass is 307 g/mol. The molecular weight excluding hydrogens is 300 g/mol. The maximum absolute atomic E-state index is 11.7. The summed E-state index contributed by atoms with van der Waals surface area (Å²) in [6.45, 7) is 1.83. The predicted molar refractivity (Wildman–Crippen MR) is 65.0 cm³/mol. The predicted octanol–water partition coefficient (Wildman–Crippen LogP) is 1.24. The number of rotatable bonds is 3. The Balaban J connectivity index is 2.97. The molecule has 0 radical (unpaired) electrons. The molecule has 8 heteroatoms. The van der Waals surface area contributed by atoms with Gasteiger partial charge in [0.1, 0.15) is 4.49 Å². The average Bonchev–Trinajstić information content (AvgIpc) is 2.24. The lowest BCUT2D eigenvalue weighted by atomic mass is 10.1. The molecule has 0 saturated heterocycles. The highest BCUT2D eigenvalue weighted by Gasteiger charge is 2.13. The third kappa shape index (κ3) is 4.12. The fourth-order valence-electron chi connectivity index (χ4n) is 1.10. The number of hydrogen-bond acceptors (Lipinski definition) is 4. The molecule has 0 bridgehead atoms. The van der Waals surface area contributed by atoms with Gasteiger partial charge in [-0.25, -0.2) is 0 Å². The first-order valence-corrected chi connectivity index (χ1v) is 6.97. The van der Waals surface area contributed by atoms with Gasteiger partial charge in [0, 0.05) is 5.56 Å². The number of halogens is 2. The van der Waals surface area contributed by atoms with Crippen molar-refractivity contribution >= 4 is 36.7 Å². The fourth-order valence-corrected chi connectivity index (χ4v) is 2.26. The zero-order valence-corrected chi connectivity index (χ0v) is 11.6. The smallest absolute Gasteiger partial charge is 0.255 e. The molecule has 98 valence electrons. The molecule has 0 aliphatic heterocycles. The summed E-state index contributed by atoms with van der Waals surface area (Å²) in [6.07, 6.45) is 0. The highest BCUT2D eigenvalue weighted by Crippen LogP contribution is 2.38. The minimum Gasteiger partial charge on any atom is -0.806 e. The Morgan fingerprint density at radius 1 is 1.22 bits per heavy atom. The van der Waals surface area contributed by atoms with Gasteiger partial charge in [0.2, 0.25) is 0 Å². The second-order valence-corrected chi connectivity index (χ2v) is 5.82. The van der Waals surface area contributed by atoms with Gasteiger partial charge >= 0.3 is 0 Å². The van der Waals surface area contributed by atoms with Gasteiger partial charge in [-0.15, -0.1) is 0 Å². The molecule has 1 aromatic carbocycles. The van der Waals surface area contributed by atoms with Gasteiger partial charge in [0.05, 0.1) is 5.44 Å². The molecule has 1 aromatic rings. The lowest BCUT2D eigenvalue weighted by Gasteiger charge is -2.32. The molecule has 0 heterocycles. The van der Waals surface area contributed by atoms with Crippen LogP contribution in [0.3, 0.4) is 0 Å². The third-order valence-electron chi connectivity index (χ3n) is 2.00. The lowest BCUT2D eigenvalue weighted by Crippen LogP contribution is -2.29. The standard InChI is InChI=1S/C10H10Cl2NO4P/c1-6-2-4-7(5-3-6)9(14)13-10(8(11)12)18(15,16)17/h2-5H,1H3,(H,13,14)(H2,15,16,17)/p-2. The van der Waals surface area contributed by atoms with Crippen molar-refractivity contribution in [3.05, 3.63) is 45.3 Å². The van der Waals surface area contributed by atoms with Crippen LogP contribution in [0.15, 0.2) is 34.2 Å². The van der Waals surface area contributed by atoms with Crippen molar-refractivity contribution in [2.75, 3.05) is 0 Å². The second kappa shape index (κ2) is 5.87. The van der Waals surface area contributed by atoms with Crippen molar-refractivity contribution < 1.29 is 19.1 Å². The quantitative estimate of drug-likeness (QED) is 0.850. The molecule has 18 heavy (non-hydrogen) atoms. The number of hydrogen-bond donors (Lipinski definition) is 1. The molecule has 0 unspecified atom stereocenters. The van der Waals surface area contributed by atoms with Crippen molar-refractivity contribution in [2.24, 2.45) is 0 Å². The minimum atomic E-state index is -5.23. The normalized spacial score (nSPS) is 10.9. The van der Waals surface area contributed by atoms with Crippen LogP contribution >= 0.6 is 30.8 Å². The van der Waals surface area contributed by atoms with Crippen molar-refractivity contribution in [3.8, 4) is 0 Å². The van der Waals surface area contributed by atoms with Gasteiger partial charge in [0.25, 0.3) is 5.91 Å². The van der Waals surface area contributed by atoms with Gasteiger partial charge in [-0.3, -0.25) is 4.79 Å². The number of amides is 1. The van der Waals surface area contributed by atoms with Crippen molar-refractivity contribution in [1.29, 1.82) is 0 Å². The summed E-state index contributed by atoms with van der Waals surface area (Å²) >= 11 is 10.5. The van der Waals surface area contributed by atoms with Crippen LogP contribution in [0, 0.1) is 6.92 Å². The number of benzene rings is 1. The first-order valence-electron chi connectivity index (χ1n) is 4.67. The number of nitrogens with one attached hydrogen (secondary N) is 1. The van der Waals surface area contributed by atoms with Crippen LogP contribution in [0.4, 0.5) is 0 Å². The molecule has 0 aromatic heterocycles. The Bertz CT molecular complexity index is 531. The molecule has 0 atom stereocenters. The maximum Gasteiger partial charge on any atom is 0.255 e. The summed E-state index contributed by atoms with van der Waals surface area (Å²) in [4.78, 5) is 33.3. The Morgan fingerprint density at radius 2 is 1.72 bits per heavy atom. The van der Waals surface area contributed by atoms with Crippen LogP contribution in [0.1, 0.15) is 15.9 Å². The Morgan fingerprint density at radius 3 is 2.11 bits per heavy atom. The largest absolute Gasteiger partial charge is 0.806 e. The van der Waals surface area contributed by atoms with Gasteiger partial charge in [-0.2, -0.15) is 0 Å². The molecule has 0 aliphatic rings. The van der Waals surface area contributed by atoms with Gasteiger partial charge < -0.3 is 19.7 Å². The zero-order chi connectivity index (χ0) is 13.9. The summed E-state index contributed by atoms with van der Waals surface area (Å²) in [5.41, 5.74) is 0.0774. The van der Waals surface area contributed by atoms with E-state index in [1.54, 1.807) is 12.1 Å². The molecule has 0 spiro atoms. The number of aryl methyl sites for hydroxylation is 1. The van der Waals surface area contributed by atoms with Crippen LogP contribution in [-0.4, -0.2) is 5.91 Å². The van der Waals surface area contributed by atoms with E-state index < -0.39 is 23.4 Å². The van der Waals surface area contributed by atoms with E-state index in [1.165, 1.54) is 12.1 Å². The Hall–Kier alpha value is -0.840. The van der Waals surface area contributed by atoms with Gasteiger partial charge in [-0.1, -0.05) is 40.9 Å². The van der Waals surface area contributed by atoms with Crippen LogP contribution < -0.4 is 15.1 Å². The minimum absolute atomic E-state index is 0.182. The van der Waals surface area contributed by atoms with E-state index in [0.29, 0.717) is 0 Å². The molecule has 5 nitrogen and oxygen atoms in total. The van der Waals surface area contributed by atoms with Crippen molar-refractivity contribution in [3.63, 3.8) is 0 Å². The molecule has 0 saturated carbocycles. The maximum atomic E-state index is 11.7. The summed E-state index contributed by atoms with van der Waals surface area (Å²) in [5, 5.41) is 1.88. The van der Waals surface area contributed by atoms with E-state index in [2.05, 4.69) is 0 Å². The number of carbonyl (C=O) groups is 1. The summed E-state index contributed by atoms with van der Waals surface area (Å²) < 4.78 is 10.0. The van der Waals surface area contributed by atoms with Gasteiger partial charge in [-0.05, 0) is 26.7 Å². The SMILES string of the molecule is Cc1ccc(C(=O)NC(=C(Cl)Cl)P(=O)([O-])[O-])cc1. The van der Waals surface area contributed by atoms with E-state index >= 15 is 0 Å². The lowest BCUT2D eigenvalue weighted by molar-refractivity contribution is -0.310. The fraction of sp³-hybridized carbons (Fsp3) is 0.100. The van der Waals surface area contributed by atoms with E-state index in [4.69, 9.17) is 23.2 Å². The van der Waals surface area contributed by atoms with Crippen LogP contribution in [-0.2, 0) is 4.57 Å². The summed E-state index contributed by atoms with van der Waals surface area (Å²) in [5.74, 6) is -0.782. The van der Waals surface area contributed by atoms with Gasteiger partial charge in [0.15, 0.2) is 0 Å². The number of carbonyl (C=O) groups excluding carboxylic acids is 1. The second-order valence-electron chi connectivity index (χ2n) is 3.43. The van der Waals surface area contributed by atoms with Crippen molar-refractivity contribution in [1.82, 2.24) is 5.32 Å². The Labute approximate surface area is 114 Å². The molecule has 0 fully saturated rings. The third-order valence-corrected chi connectivity index (χ3v) is 3.52. The molecule has 1 amide bonds. The zero-order valence-electron chi connectivity index (χ0n) is 9.15. The van der Waals surface area contributed by atoms with E-state index in [9.17, 15) is 19.1 Å². The van der Waals surface area contributed by atoms with Crippen LogP contribution in [0.25, 0.3) is 0 Å². The topological polar surface area (TPSA) is 92.3 Å². The van der Waals surface area contributed by atoms with E-state index in [1.807, 2.05) is 12.2 Å². The van der Waals surface area contributed by atoms with Crippen LogP contribution in [0.5, 0.6) is 0 Å². The molecule has 1 N–H and O–H groups in total. The summed E-state index contributed by atoms with van der Waals surface area (Å²) in [6, 6.07) is 6.28.